The molecule has 0 saturated carbocycles. The Hall–Kier alpha value is -0.600. The molecule has 0 aliphatic heterocycles. The van der Waals surface area contributed by atoms with Gasteiger partial charge in [0.2, 0.25) is 0 Å². The van der Waals surface area contributed by atoms with Crippen LogP contribution in [0, 0.1) is 5.92 Å². The lowest BCUT2D eigenvalue weighted by Gasteiger charge is -2.21. The third kappa shape index (κ3) is 4.76. The van der Waals surface area contributed by atoms with E-state index >= 15 is 0 Å². The van der Waals surface area contributed by atoms with E-state index in [1.807, 2.05) is 0 Å². The molecule has 2 nitrogen and oxygen atoms in total. The maximum Gasteiger partial charge on any atom is 0.311 e. The summed E-state index contributed by atoms with van der Waals surface area (Å²) < 4.78 is 16.8. The Morgan fingerprint density at radius 2 is 2.00 bits per heavy atom. The Balaban J connectivity index is 3.88. The number of hydrogen-bond acceptors (Lipinski definition) is 2. The molecule has 0 fully saturated rings. The highest BCUT2D eigenvalue weighted by Gasteiger charge is 2.21. The van der Waals surface area contributed by atoms with Crippen molar-refractivity contribution in [2.75, 3.05) is 6.67 Å². The average Bonchev–Trinajstić information content (AvgIpc) is 1.82. The van der Waals surface area contributed by atoms with Crippen LogP contribution in [0.4, 0.5) is 4.39 Å². The zero-order valence-electron chi connectivity index (χ0n) is 7.48. The Bertz CT molecular complexity index is 138. The summed E-state index contributed by atoms with van der Waals surface area (Å²) in [6.07, 6.45) is 0. The molecule has 0 aliphatic carbocycles. The molecule has 0 bridgehead atoms. The lowest BCUT2D eigenvalue weighted by atomic mass is 10.1. The van der Waals surface area contributed by atoms with Crippen LogP contribution < -0.4 is 0 Å². The highest BCUT2D eigenvalue weighted by molar-refractivity contribution is 5.72. The predicted molar refractivity (Wildman–Crippen MR) is 41.0 cm³/mol. The fourth-order valence-electron chi connectivity index (χ4n) is 0.465. The number of alkyl halides is 1. The van der Waals surface area contributed by atoms with Crippen LogP contribution in [-0.4, -0.2) is 18.2 Å². The van der Waals surface area contributed by atoms with E-state index in [1.165, 1.54) is 6.92 Å². The third-order valence-corrected chi connectivity index (χ3v) is 1.04. The van der Waals surface area contributed by atoms with Crippen LogP contribution in [-0.2, 0) is 9.53 Å². The SMILES string of the molecule is CC(CF)C(=O)OC(C)(C)C. The molecule has 1 atom stereocenters. The molecule has 0 spiro atoms. The molecule has 0 aliphatic rings. The number of halogens is 1. The summed E-state index contributed by atoms with van der Waals surface area (Å²) in [5, 5.41) is 0. The van der Waals surface area contributed by atoms with Crippen molar-refractivity contribution in [1.29, 1.82) is 0 Å². The van der Waals surface area contributed by atoms with E-state index in [2.05, 4.69) is 0 Å². The first-order chi connectivity index (χ1) is 4.87. The monoisotopic (exact) mass is 162 g/mol. The molecular formula is C8H15FO2. The molecule has 1 unspecified atom stereocenters. The van der Waals surface area contributed by atoms with Gasteiger partial charge in [-0.15, -0.1) is 0 Å². The second-order valence-electron chi connectivity index (χ2n) is 3.59. The van der Waals surface area contributed by atoms with Crippen molar-refractivity contribution in [2.24, 2.45) is 5.92 Å². The number of carbonyl (C=O) groups excluding carboxylic acids is 1. The van der Waals surface area contributed by atoms with Gasteiger partial charge < -0.3 is 4.74 Å². The second kappa shape index (κ2) is 3.69. The Kier molecular flexibility index (Phi) is 3.49. The van der Waals surface area contributed by atoms with Gasteiger partial charge in [-0.25, -0.2) is 0 Å². The van der Waals surface area contributed by atoms with Gasteiger partial charge in [0.05, 0.1) is 5.92 Å². The lowest BCUT2D eigenvalue weighted by molar-refractivity contribution is -0.159. The van der Waals surface area contributed by atoms with Gasteiger partial charge in [0.15, 0.2) is 0 Å². The van der Waals surface area contributed by atoms with Crippen LogP contribution in [0.1, 0.15) is 27.7 Å². The number of carbonyl (C=O) groups is 1. The second-order valence-corrected chi connectivity index (χ2v) is 3.59. The molecule has 0 heterocycles. The van der Waals surface area contributed by atoms with E-state index in [0.29, 0.717) is 0 Å². The third-order valence-electron chi connectivity index (χ3n) is 1.04. The number of rotatable bonds is 2. The molecule has 0 radical (unpaired) electrons. The van der Waals surface area contributed by atoms with Gasteiger partial charge in [-0.2, -0.15) is 0 Å². The van der Waals surface area contributed by atoms with Gasteiger partial charge in [0.25, 0.3) is 0 Å². The molecule has 11 heavy (non-hydrogen) atoms. The van der Waals surface area contributed by atoms with E-state index in [4.69, 9.17) is 4.74 Å². The number of esters is 1. The van der Waals surface area contributed by atoms with Crippen molar-refractivity contribution in [1.82, 2.24) is 0 Å². The topological polar surface area (TPSA) is 26.3 Å². The molecule has 3 heteroatoms. The largest absolute Gasteiger partial charge is 0.460 e. The van der Waals surface area contributed by atoms with Crippen molar-refractivity contribution in [2.45, 2.75) is 33.3 Å². The van der Waals surface area contributed by atoms with Gasteiger partial charge in [-0.1, -0.05) is 0 Å². The minimum atomic E-state index is -0.658. The summed E-state index contributed by atoms with van der Waals surface area (Å²) in [6.45, 7) is 6.13. The van der Waals surface area contributed by atoms with Gasteiger partial charge in [0.1, 0.15) is 12.3 Å². The number of ether oxygens (including phenoxy) is 1. The van der Waals surface area contributed by atoms with E-state index in [0.717, 1.165) is 0 Å². The highest BCUT2D eigenvalue weighted by Crippen LogP contribution is 2.10. The first-order valence-corrected chi connectivity index (χ1v) is 3.65. The summed E-state index contributed by atoms with van der Waals surface area (Å²) in [5.41, 5.74) is -0.513. The van der Waals surface area contributed by atoms with Gasteiger partial charge in [0, 0.05) is 0 Å². The minimum Gasteiger partial charge on any atom is -0.460 e. The lowest BCUT2D eigenvalue weighted by Crippen LogP contribution is -2.28. The molecular weight excluding hydrogens is 147 g/mol. The zero-order valence-corrected chi connectivity index (χ0v) is 7.48. The van der Waals surface area contributed by atoms with Crippen molar-refractivity contribution >= 4 is 5.97 Å². The maximum atomic E-state index is 11.9. The van der Waals surface area contributed by atoms with Gasteiger partial charge >= 0.3 is 5.97 Å². The molecule has 0 aromatic heterocycles. The Morgan fingerprint density at radius 1 is 1.55 bits per heavy atom. The first-order valence-electron chi connectivity index (χ1n) is 3.65. The normalized spacial score (nSPS) is 14.3. The summed E-state index contributed by atoms with van der Waals surface area (Å²) in [7, 11) is 0. The quantitative estimate of drug-likeness (QED) is 0.580. The minimum absolute atomic E-state index is 0.472. The fourth-order valence-corrected chi connectivity index (χ4v) is 0.465. The van der Waals surface area contributed by atoms with Crippen molar-refractivity contribution in [3.8, 4) is 0 Å². The summed E-state index contributed by atoms with van der Waals surface area (Å²) in [4.78, 5) is 10.9. The smallest absolute Gasteiger partial charge is 0.311 e. The van der Waals surface area contributed by atoms with Crippen molar-refractivity contribution in [3.05, 3.63) is 0 Å². The predicted octanol–water partition coefficient (Wildman–Crippen LogP) is 1.93. The van der Waals surface area contributed by atoms with E-state index in [1.54, 1.807) is 20.8 Å². The standard InChI is InChI=1S/C8H15FO2/c1-6(5-9)7(10)11-8(2,3)4/h6H,5H2,1-4H3. The molecule has 0 saturated heterocycles. The van der Waals surface area contributed by atoms with Crippen molar-refractivity contribution in [3.63, 3.8) is 0 Å². The zero-order chi connectivity index (χ0) is 9.07. The molecule has 0 aromatic rings. The van der Waals surface area contributed by atoms with Crippen molar-refractivity contribution < 1.29 is 13.9 Å². The van der Waals surface area contributed by atoms with Gasteiger partial charge in [-0.3, -0.25) is 9.18 Å². The van der Waals surface area contributed by atoms with Crippen LogP contribution in [0.25, 0.3) is 0 Å². The summed E-state index contributed by atoms with van der Waals surface area (Å²) >= 11 is 0. The number of hydrogen-bond donors (Lipinski definition) is 0. The summed E-state index contributed by atoms with van der Waals surface area (Å²) in [6, 6.07) is 0. The first kappa shape index (κ1) is 10.4. The van der Waals surface area contributed by atoms with E-state index < -0.39 is 24.2 Å². The Morgan fingerprint density at radius 3 is 2.27 bits per heavy atom. The van der Waals surface area contributed by atoms with E-state index in [-0.39, 0.29) is 0 Å². The maximum absolute atomic E-state index is 11.9. The highest BCUT2D eigenvalue weighted by atomic mass is 19.1. The van der Waals surface area contributed by atoms with Crippen LogP contribution in [0.3, 0.4) is 0 Å². The molecule has 0 rings (SSSR count). The molecule has 0 aromatic carbocycles. The summed E-state index contributed by atoms with van der Waals surface area (Å²) in [5.74, 6) is -1.12. The van der Waals surface area contributed by atoms with Crippen LogP contribution in [0.5, 0.6) is 0 Å². The van der Waals surface area contributed by atoms with Crippen LogP contribution in [0.15, 0.2) is 0 Å². The molecule has 0 N–H and O–H groups in total. The van der Waals surface area contributed by atoms with Crippen LogP contribution in [0.2, 0.25) is 0 Å². The van der Waals surface area contributed by atoms with Gasteiger partial charge in [-0.05, 0) is 27.7 Å². The molecule has 0 amide bonds. The molecule has 66 valence electrons. The van der Waals surface area contributed by atoms with E-state index in [9.17, 15) is 9.18 Å². The average molecular weight is 162 g/mol. The van der Waals surface area contributed by atoms with Crippen LogP contribution >= 0.6 is 0 Å². The Labute approximate surface area is 66.7 Å². The fraction of sp³-hybridized carbons (Fsp3) is 0.875.